The minimum absolute atomic E-state index is 0.0126. The Bertz CT molecular complexity index is 1230. The summed E-state index contributed by atoms with van der Waals surface area (Å²) in [7, 11) is 3.08. The number of amides is 1. The van der Waals surface area contributed by atoms with Crippen LogP contribution in [0.2, 0.25) is 0 Å². The minimum Gasteiger partial charge on any atom is -0.508 e. The van der Waals surface area contributed by atoms with Gasteiger partial charge in [-0.15, -0.1) is 0 Å². The number of hydrogen-bond donors (Lipinski definition) is 5. The normalized spacial score (nSPS) is 28.6. The molecule has 0 spiro atoms. The van der Waals surface area contributed by atoms with Gasteiger partial charge in [-0.05, 0) is 44.5 Å². The van der Waals surface area contributed by atoms with Crippen LogP contribution in [0.25, 0.3) is 5.76 Å². The minimum atomic E-state index is -2.68. The number of fused-ring (bicyclic) bond motifs is 3. The zero-order valence-electron chi connectivity index (χ0n) is 19.0. The van der Waals surface area contributed by atoms with E-state index in [-0.39, 0.29) is 41.7 Å². The standard InChI is InChI=1S/C24H26N2O8/c1-4-13(27)11-6-5-9-7-10-8-12-17(26(2)3)20(30)16(23(25)33)22(32)24(12,34)21(31)15(10)19(29)14(9)18(11)28/h5-6,10,12,17,28-29,32,34H,4,7-8H2,1-3H3,(H2,25,33)/t10-,12-,17-,24-/m0/s1. The summed E-state index contributed by atoms with van der Waals surface area (Å²) < 4.78 is 0. The van der Waals surface area contributed by atoms with Crippen molar-refractivity contribution in [1.29, 1.82) is 0 Å². The molecule has 0 bridgehead atoms. The molecule has 3 aliphatic rings. The third-order valence-electron chi connectivity index (χ3n) is 7.21. The van der Waals surface area contributed by atoms with Gasteiger partial charge in [-0.1, -0.05) is 13.0 Å². The lowest BCUT2D eigenvalue weighted by Crippen LogP contribution is -2.65. The van der Waals surface area contributed by atoms with Crippen molar-refractivity contribution in [1.82, 2.24) is 4.90 Å². The van der Waals surface area contributed by atoms with Crippen LogP contribution in [0.15, 0.2) is 29.0 Å². The summed E-state index contributed by atoms with van der Waals surface area (Å²) in [6, 6.07) is 1.92. The number of Topliss-reactive ketones (excluding diaryl/α,β-unsaturated/α-hetero) is 3. The Morgan fingerprint density at radius 2 is 1.82 bits per heavy atom. The Labute approximate surface area is 195 Å². The summed E-state index contributed by atoms with van der Waals surface area (Å²) in [5.74, 6) is -7.52. The van der Waals surface area contributed by atoms with Crippen LogP contribution in [0.3, 0.4) is 0 Å². The maximum absolute atomic E-state index is 13.7. The highest BCUT2D eigenvalue weighted by atomic mass is 16.3. The molecule has 0 saturated heterocycles. The van der Waals surface area contributed by atoms with Gasteiger partial charge in [0.15, 0.2) is 17.2 Å². The number of aliphatic hydroxyl groups excluding tert-OH is 2. The number of primary amides is 1. The molecule has 10 nitrogen and oxygen atoms in total. The van der Waals surface area contributed by atoms with Crippen molar-refractivity contribution in [3.05, 3.63) is 45.7 Å². The number of ketones is 3. The Morgan fingerprint density at radius 1 is 1.18 bits per heavy atom. The summed E-state index contributed by atoms with van der Waals surface area (Å²) in [5, 5.41) is 44.1. The van der Waals surface area contributed by atoms with E-state index >= 15 is 0 Å². The highest BCUT2D eigenvalue weighted by molar-refractivity contribution is 6.24. The van der Waals surface area contributed by atoms with Gasteiger partial charge < -0.3 is 26.2 Å². The molecule has 3 aliphatic carbocycles. The fourth-order valence-corrected chi connectivity index (χ4v) is 5.63. The maximum atomic E-state index is 13.7. The maximum Gasteiger partial charge on any atom is 0.255 e. The molecular weight excluding hydrogens is 444 g/mol. The second-order valence-electron chi connectivity index (χ2n) is 9.23. The number of hydrogen-bond acceptors (Lipinski definition) is 9. The first-order valence-corrected chi connectivity index (χ1v) is 10.9. The monoisotopic (exact) mass is 470 g/mol. The number of aromatic hydroxyl groups is 1. The van der Waals surface area contributed by atoms with Gasteiger partial charge >= 0.3 is 0 Å². The Balaban J connectivity index is 1.96. The fourth-order valence-electron chi connectivity index (χ4n) is 5.63. The van der Waals surface area contributed by atoms with Crippen LogP contribution in [0.5, 0.6) is 5.75 Å². The van der Waals surface area contributed by atoms with Crippen LogP contribution in [-0.2, 0) is 20.8 Å². The predicted molar refractivity (Wildman–Crippen MR) is 119 cm³/mol. The van der Waals surface area contributed by atoms with Gasteiger partial charge in [-0.3, -0.25) is 24.1 Å². The lowest BCUT2D eigenvalue weighted by atomic mass is 9.57. The van der Waals surface area contributed by atoms with Crippen LogP contribution in [0.1, 0.15) is 41.3 Å². The second kappa shape index (κ2) is 7.78. The van der Waals surface area contributed by atoms with E-state index in [0.717, 1.165) is 0 Å². The molecule has 1 aromatic carbocycles. The van der Waals surface area contributed by atoms with Crippen LogP contribution in [0.4, 0.5) is 0 Å². The Kier molecular flexibility index (Phi) is 5.41. The first-order valence-electron chi connectivity index (χ1n) is 10.9. The van der Waals surface area contributed by atoms with E-state index in [4.69, 9.17) is 5.73 Å². The Morgan fingerprint density at radius 3 is 2.38 bits per heavy atom. The van der Waals surface area contributed by atoms with E-state index in [1.807, 2.05) is 0 Å². The molecule has 4 atom stereocenters. The van der Waals surface area contributed by atoms with Crippen LogP contribution >= 0.6 is 0 Å². The molecule has 0 aromatic heterocycles. The zero-order valence-corrected chi connectivity index (χ0v) is 19.0. The second-order valence-corrected chi connectivity index (χ2v) is 9.23. The molecule has 0 aliphatic heterocycles. The van der Waals surface area contributed by atoms with E-state index in [1.165, 1.54) is 25.1 Å². The first-order chi connectivity index (χ1) is 15.9. The number of benzene rings is 1. The number of carbonyl (C=O) groups is 4. The SMILES string of the molecule is CCC(=O)c1ccc2c(c1O)C(O)=C1C(=O)[C@]3(O)C(O)=C(C(N)=O)C(=O)[C@@H](N(C)C)[C@@H]3C[C@@H]1C2. The molecule has 6 N–H and O–H groups in total. The highest BCUT2D eigenvalue weighted by Crippen LogP contribution is 2.52. The number of aliphatic hydroxyl groups is 3. The zero-order chi connectivity index (χ0) is 25.3. The molecule has 1 fully saturated rings. The molecule has 34 heavy (non-hydrogen) atoms. The average Bonchev–Trinajstić information content (AvgIpc) is 2.75. The van der Waals surface area contributed by atoms with Gasteiger partial charge in [0.05, 0.1) is 17.2 Å². The van der Waals surface area contributed by atoms with Crippen molar-refractivity contribution in [3.8, 4) is 5.75 Å². The van der Waals surface area contributed by atoms with E-state index in [2.05, 4.69) is 0 Å². The smallest absolute Gasteiger partial charge is 0.255 e. The van der Waals surface area contributed by atoms with Gasteiger partial charge in [0.2, 0.25) is 5.78 Å². The number of phenols is 1. The lowest BCUT2D eigenvalue weighted by molar-refractivity contribution is -0.153. The molecule has 1 amide bonds. The molecule has 1 aromatic rings. The molecule has 0 heterocycles. The van der Waals surface area contributed by atoms with Crippen molar-refractivity contribution in [2.75, 3.05) is 14.1 Å². The summed E-state index contributed by atoms with van der Waals surface area (Å²) >= 11 is 0. The van der Waals surface area contributed by atoms with Crippen molar-refractivity contribution < 1.29 is 39.6 Å². The largest absolute Gasteiger partial charge is 0.508 e. The average molecular weight is 470 g/mol. The van der Waals surface area contributed by atoms with E-state index in [9.17, 15) is 39.6 Å². The van der Waals surface area contributed by atoms with Crippen LogP contribution in [0, 0.1) is 11.8 Å². The third-order valence-corrected chi connectivity index (χ3v) is 7.21. The van der Waals surface area contributed by atoms with E-state index in [0.29, 0.717) is 5.56 Å². The number of nitrogens with zero attached hydrogens (tertiary/aromatic N) is 1. The molecule has 180 valence electrons. The summed E-state index contributed by atoms with van der Waals surface area (Å²) in [4.78, 5) is 52.3. The number of nitrogens with two attached hydrogens (primary N) is 1. The van der Waals surface area contributed by atoms with Crippen molar-refractivity contribution in [3.63, 3.8) is 0 Å². The van der Waals surface area contributed by atoms with Crippen molar-refractivity contribution >= 4 is 29.0 Å². The first kappa shape index (κ1) is 23.7. The van der Waals surface area contributed by atoms with Crippen LogP contribution in [-0.4, -0.2) is 74.3 Å². The van der Waals surface area contributed by atoms with Gasteiger partial charge in [0.25, 0.3) is 5.91 Å². The van der Waals surface area contributed by atoms with Crippen LogP contribution < -0.4 is 5.73 Å². The number of rotatable bonds is 4. The molecular formula is C24H26N2O8. The molecule has 1 saturated carbocycles. The topological polar surface area (TPSA) is 178 Å². The van der Waals surface area contributed by atoms with E-state index < -0.39 is 63.8 Å². The number of phenolic OH excluding ortho intramolecular Hbond substituents is 1. The summed E-state index contributed by atoms with van der Waals surface area (Å²) in [6.45, 7) is 1.62. The molecule has 4 rings (SSSR count). The summed E-state index contributed by atoms with van der Waals surface area (Å²) in [6.07, 6.45) is 0.312. The van der Waals surface area contributed by atoms with Gasteiger partial charge in [-0.25, -0.2) is 0 Å². The molecule has 10 heteroatoms. The third kappa shape index (κ3) is 2.95. The van der Waals surface area contributed by atoms with Gasteiger partial charge in [-0.2, -0.15) is 0 Å². The molecule has 0 radical (unpaired) electrons. The highest BCUT2D eigenvalue weighted by Gasteiger charge is 2.64. The Hall–Kier alpha value is -3.50. The van der Waals surface area contributed by atoms with Gasteiger partial charge in [0, 0.05) is 17.9 Å². The number of likely N-dealkylation sites (N-methyl/N-ethyl adjacent to an activating group) is 1. The fraction of sp³-hybridized carbons (Fsp3) is 0.417. The van der Waals surface area contributed by atoms with Crippen molar-refractivity contribution in [2.45, 2.75) is 37.8 Å². The lowest BCUT2D eigenvalue weighted by Gasteiger charge is -2.50. The van der Waals surface area contributed by atoms with Crippen molar-refractivity contribution in [2.24, 2.45) is 17.6 Å². The quantitative estimate of drug-likeness (QED) is 0.310. The summed E-state index contributed by atoms with van der Waals surface area (Å²) in [5.41, 5.74) is 1.90. The number of carbonyl (C=O) groups excluding carboxylic acids is 4. The molecule has 0 unspecified atom stereocenters. The predicted octanol–water partition coefficient (Wildman–Crippen LogP) is 0.557. The van der Waals surface area contributed by atoms with E-state index in [1.54, 1.807) is 13.0 Å². The van der Waals surface area contributed by atoms with Gasteiger partial charge in [0.1, 0.15) is 22.8 Å².